The van der Waals surface area contributed by atoms with Gasteiger partial charge in [-0.25, -0.2) is 0 Å². The number of nitrogens with zero attached hydrogens (tertiary/aromatic N) is 1. The maximum absolute atomic E-state index is 11.1. The average molecular weight is 358 g/mol. The van der Waals surface area contributed by atoms with Crippen LogP contribution in [0.25, 0.3) is 11.0 Å². The Balaban J connectivity index is 1.75. The SMILES string of the molecule is O=[N+]([O-])c1ccccc1SNC(Cc1coc2ccccc12)B(O)O. The first-order valence-electron chi connectivity index (χ1n) is 7.53. The molecule has 1 atom stereocenters. The highest BCUT2D eigenvalue weighted by Gasteiger charge is 2.26. The number of furan rings is 1. The molecule has 9 heteroatoms. The van der Waals surface area contributed by atoms with Crippen LogP contribution in [-0.2, 0) is 6.42 Å². The van der Waals surface area contributed by atoms with Gasteiger partial charge in [-0.15, -0.1) is 0 Å². The fourth-order valence-electron chi connectivity index (χ4n) is 2.47. The molecule has 128 valence electrons. The van der Waals surface area contributed by atoms with Crippen molar-refractivity contribution in [3.05, 3.63) is 70.5 Å². The van der Waals surface area contributed by atoms with Crippen LogP contribution >= 0.6 is 11.9 Å². The van der Waals surface area contributed by atoms with Gasteiger partial charge in [0.2, 0.25) is 0 Å². The lowest BCUT2D eigenvalue weighted by Crippen LogP contribution is -2.42. The first-order valence-corrected chi connectivity index (χ1v) is 8.35. The molecular formula is C16H15BN2O5S. The third kappa shape index (κ3) is 4.02. The van der Waals surface area contributed by atoms with Gasteiger partial charge in [0.25, 0.3) is 5.69 Å². The standard InChI is InChI=1S/C16H15BN2O5S/c20-17(21)16(9-11-10-24-14-7-3-1-5-12(11)14)18-25-15-8-4-2-6-13(15)19(22)23/h1-8,10,16,18,20-21H,9H2. The zero-order valence-corrected chi connectivity index (χ0v) is 13.8. The quantitative estimate of drug-likeness (QED) is 0.258. The molecule has 0 bridgehead atoms. The highest BCUT2D eigenvalue weighted by molar-refractivity contribution is 7.97. The first kappa shape index (κ1) is 17.5. The number of rotatable bonds is 7. The van der Waals surface area contributed by atoms with Crippen molar-refractivity contribution in [3.8, 4) is 0 Å². The summed E-state index contributed by atoms with van der Waals surface area (Å²) >= 11 is 0.997. The number of benzene rings is 2. The summed E-state index contributed by atoms with van der Waals surface area (Å²) in [5.41, 5.74) is 1.50. The molecule has 0 saturated heterocycles. The second-order valence-corrected chi connectivity index (χ2v) is 6.31. The van der Waals surface area contributed by atoms with Crippen LogP contribution in [-0.4, -0.2) is 28.0 Å². The normalized spacial score (nSPS) is 12.2. The Kier molecular flexibility index (Phi) is 5.39. The molecule has 0 radical (unpaired) electrons. The van der Waals surface area contributed by atoms with Crippen LogP contribution in [0.1, 0.15) is 5.56 Å². The van der Waals surface area contributed by atoms with E-state index in [4.69, 9.17) is 4.42 Å². The number of nitrogens with one attached hydrogen (secondary N) is 1. The second-order valence-electron chi connectivity index (χ2n) is 5.43. The Labute approximate surface area is 148 Å². The highest BCUT2D eigenvalue weighted by Crippen LogP contribution is 2.28. The largest absolute Gasteiger partial charge is 0.470 e. The maximum atomic E-state index is 11.1. The summed E-state index contributed by atoms with van der Waals surface area (Å²) in [5, 5.41) is 31.3. The summed E-state index contributed by atoms with van der Waals surface area (Å²) in [7, 11) is -1.64. The van der Waals surface area contributed by atoms with Gasteiger partial charge in [0.15, 0.2) is 0 Å². The Hall–Kier alpha value is -2.33. The molecule has 0 saturated carbocycles. The van der Waals surface area contributed by atoms with Gasteiger partial charge in [-0.1, -0.05) is 30.3 Å². The second kappa shape index (κ2) is 7.71. The molecule has 0 aliphatic carbocycles. The minimum Gasteiger partial charge on any atom is -0.464 e. The third-order valence-electron chi connectivity index (χ3n) is 3.74. The number of nitro benzene ring substituents is 1. The molecule has 1 heterocycles. The van der Waals surface area contributed by atoms with Gasteiger partial charge in [-0.2, -0.15) is 0 Å². The lowest BCUT2D eigenvalue weighted by Gasteiger charge is -2.16. The number of para-hydroxylation sites is 2. The van der Waals surface area contributed by atoms with E-state index in [1.165, 1.54) is 6.07 Å². The number of nitro groups is 1. The molecule has 1 unspecified atom stereocenters. The molecule has 1 aromatic heterocycles. The van der Waals surface area contributed by atoms with Crippen LogP contribution in [0.2, 0.25) is 0 Å². The molecule has 25 heavy (non-hydrogen) atoms. The summed E-state index contributed by atoms with van der Waals surface area (Å²) in [6.07, 6.45) is 1.87. The van der Waals surface area contributed by atoms with Crippen LogP contribution in [0.3, 0.4) is 0 Å². The summed E-state index contributed by atoms with van der Waals surface area (Å²) in [6, 6.07) is 13.7. The van der Waals surface area contributed by atoms with Crippen molar-refractivity contribution in [2.24, 2.45) is 0 Å². The van der Waals surface area contributed by atoms with Gasteiger partial charge in [-0.3, -0.25) is 14.8 Å². The topological polar surface area (TPSA) is 109 Å². The van der Waals surface area contributed by atoms with Gasteiger partial charge < -0.3 is 14.5 Å². The molecule has 0 fully saturated rings. The molecule has 3 rings (SSSR count). The summed E-state index contributed by atoms with van der Waals surface area (Å²) in [4.78, 5) is 11.0. The molecule has 3 N–H and O–H groups in total. The minimum atomic E-state index is -1.64. The van der Waals surface area contributed by atoms with Gasteiger partial charge >= 0.3 is 7.12 Å². The van der Waals surface area contributed by atoms with E-state index in [0.717, 1.165) is 28.5 Å². The van der Waals surface area contributed by atoms with Crippen LogP contribution in [0.15, 0.2) is 64.1 Å². The molecule has 3 aromatic rings. The van der Waals surface area contributed by atoms with Crippen molar-refractivity contribution in [2.45, 2.75) is 17.3 Å². The lowest BCUT2D eigenvalue weighted by molar-refractivity contribution is -0.387. The van der Waals surface area contributed by atoms with Crippen LogP contribution in [0.5, 0.6) is 0 Å². The van der Waals surface area contributed by atoms with E-state index in [1.807, 2.05) is 24.3 Å². The molecule has 0 amide bonds. The van der Waals surface area contributed by atoms with E-state index in [1.54, 1.807) is 24.5 Å². The summed E-state index contributed by atoms with van der Waals surface area (Å²) < 4.78 is 8.36. The smallest absolute Gasteiger partial charge is 0.464 e. The van der Waals surface area contributed by atoms with E-state index >= 15 is 0 Å². The van der Waals surface area contributed by atoms with Crippen LogP contribution in [0, 0.1) is 10.1 Å². The fraction of sp³-hybridized carbons (Fsp3) is 0.125. The maximum Gasteiger partial charge on any atom is 0.470 e. The molecule has 0 spiro atoms. The lowest BCUT2D eigenvalue weighted by atomic mass is 9.77. The first-order chi connectivity index (χ1) is 12.1. The number of fused-ring (bicyclic) bond motifs is 1. The van der Waals surface area contributed by atoms with Crippen molar-refractivity contribution in [2.75, 3.05) is 0 Å². The van der Waals surface area contributed by atoms with Crippen molar-refractivity contribution in [3.63, 3.8) is 0 Å². The van der Waals surface area contributed by atoms with E-state index in [0.29, 0.717) is 11.3 Å². The summed E-state index contributed by atoms with van der Waals surface area (Å²) in [6.45, 7) is 0. The monoisotopic (exact) mass is 358 g/mol. The van der Waals surface area contributed by atoms with Gasteiger partial charge in [0, 0.05) is 11.5 Å². The molecule has 2 aromatic carbocycles. The van der Waals surface area contributed by atoms with Crippen molar-refractivity contribution in [1.82, 2.24) is 4.72 Å². The Morgan fingerprint density at radius 3 is 2.68 bits per heavy atom. The zero-order valence-electron chi connectivity index (χ0n) is 13.0. The predicted octanol–water partition coefficient (Wildman–Crippen LogP) is 2.56. The Morgan fingerprint density at radius 1 is 1.20 bits per heavy atom. The molecule has 0 aliphatic rings. The molecule has 0 aliphatic heterocycles. The Bertz CT molecular complexity index is 886. The predicted molar refractivity (Wildman–Crippen MR) is 96.0 cm³/mol. The van der Waals surface area contributed by atoms with Crippen LogP contribution in [0.4, 0.5) is 5.69 Å². The number of hydrogen-bond acceptors (Lipinski definition) is 7. The van der Waals surface area contributed by atoms with Crippen LogP contribution < -0.4 is 4.72 Å². The van der Waals surface area contributed by atoms with Gasteiger partial charge in [0.1, 0.15) is 10.5 Å². The number of hydrogen-bond donors (Lipinski definition) is 3. The fourth-order valence-corrected chi connectivity index (χ4v) is 3.35. The Morgan fingerprint density at radius 2 is 1.92 bits per heavy atom. The van der Waals surface area contributed by atoms with Crippen molar-refractivity contribution in [1.29, 1.82) is 0 Å². The molecular weight excluding hydrogens is 343 g/mol. The summed E-state index contributed by atoms with van der Waals surface area (Å²) in [5.74, 6) is -0.731. The van der Waals surface area contributed by atoms with Gasteiger partial charge in [0.05, 0.1) is 17.1 Å². The van der Waals surface area contributed by atoms with Gasteiger partial charge in [-0.05, 0) is 36.1 Å². The van der Waals surface area contributed by atoms with Crippen molar-refractivity contribution >= 4 is 35.7 Å². The zero-order chi connectivity index (χ0) is 17.8. The van der Waals surface area contributed by atoms with E-state index in [-0.39, 0.29) is 5.69 Å². The third-order valence-corrected chi connectivity index (χ3v) is 4.73. The minimum absolute atomic E-state index is 0.0417. The van der Waals surface area contributed by atoms with E-state index < -0.39 is 18.0 Å². The van der Waals surface area contributed by atoms with E-state index in [9.17, 15) is 20.2 Å². The van der Waals surface area contributed by atoms with Crippen molar-refractivity contribution < 1.29 is 19.4 Å². The highest BCUT2D eigenvalue weighted by atomic mass is 32.2. The van der Waals surface area contributed by atoms with E-state index in [2.05, 4.69) is 4.72 Å². The molecule has 7 nitrogen and oxygen atoms in total. The average Bonchev–Trinajstić information content (AvgIpc) is 3.01.